The Morgan fingerprint density at radius 1 is 1.25 bits per heavy atom. The predicted molar refractivity (Wildman–Crippen MR) is 62.9 cm³/mol. The minimum atomic E-state index is 0.235. The topological polar surface area (TPSA) is 56.7 Å². The molecule has 4 heteroatoms. The van der Waals surface area contributed by atoms with Gasteiger partial charge in [0.25, 0.3) is 0 Å². The average molecular weight is 216 g/mol. The number of benzene rings is 1. The lowest BCUT2D eigenvalue weighted by atomic mass is 10.0. The van der Waals surface area contributed by atoms with Crippen LogP contribution in [0.3, 0.4) is 0 Å². The fraction of sp³-hybridized carbons (Fsp3) is 0.333. The smallest absolute Gasteiger partial charge is 0.146 e. The zero-order valence-corrected chi connectivity index (χ0v) is 9.59. The van der Waals surface area contributed by atoms with Crippen molar-refractivity contribution in [2.75, 3.05) is 0 Å². The van der Waals surface area contributed by atoms with Gasteiger partial charge in [0, 0.05) is 13.0 Å². The molecule has 1 heterocycles. The summed E-state index contributed by atoms with van der Waals surface area (Å²) in [5.41, 5.74) is 6.82. The molecule has 0 aliphatic carbocycles. The van der Waals surface area contributed by atoms with Crippen LogP contribution in [0.15, 0.2) is 30.3 Å². The highest BCUT2D eigenvalue weighted by molar-refractivity contribution is 5.24. The van der Waals surface area contributed by atoms with E-state index in [-0.39, 0.29) is 5.92 Å². The zero-order valence-electron chi connectivity index (χ0n) is 9.59. The molecular weight excluding hydrogens is 200 g/mol. The molecular formula is C12H16N4. The molecule has 1 atom stereocenters. The molecule has 0 bridgehead atoms. The molecule has 0 saturated heterocycles. The van der Waals surface area contributed by atoms with Crippen LogP contribution >= 0.6 is 0 Å². The summed E-state index contributed by atoms with van der Waals surface area (Å²) in [6.07, 6.45) is 0. The number of rotatable bonds is 3. The summed E-state index contributed by atoms with van der Waals surface area (Å²) in [6.45, 7) is 2.55. The molecule has 16 heavy (non-hydrogen) atoms. The maximum absolute atomic E-state index is 5.58. The van der Waals surface area contributed by atoms with Crippen molar-refractivity contribution in [3.8, 4) is 0 Å². The molecule has 4 nitrogen and oxygen atoms in total. The van der Waals surface area contributed by atoms with E-state index >= 15 is 0 Å². The van der Waals surface area contributed by atoms with Gasteiger partial charge in [-0.1, -0.05) is 37.3 Å². The van der Waals surface area contributed by atoms with Crippen LogP contribution in [0.25, 0.3) is 0 Å². The fourth-order valence-corrected chi connectivity index (χ4v) is 1.82. The van der Waals surface area contributed by atoms with Crippen LogP contribution < -0.4 is 5.73 Å². The minimum Gasteiger partial charge on any atom is -0.324 e. The first-order valence-electron chi connectivity index (χ1n) is 5.37. The quantitative estimate of drug-likeness (QED) is 0.844. The Morgan fingerprint density at radius 3 is 2.50 bits per heavy atom. The van der Waals surface area contributed by atoms with E-state index in [1.807, 2.05) is 29.8 Å². The largest absolute Gasteiger partial charge is 0.324 e. The van der Waals surface area contributed by atoms with Crippen molar-refractivity contribution < 1.29 is 0 Å². The third-order valence-corrected chi connectivity index (χ3v) is 2.87. The van der Waals surface area contributed by atoms with E-state index < -0.39 is 0 Å². The Balaban J connectivity index is 2.34. The van der Waals surface area contributed by atoms with Gasteiger partial charge in [-0.3, -0.25) is 0 Å². The first-order chi connectivity index (χ1) is 7.74. The Kier molecular flexibility index (Phi) is 3.01. The van der Waals surface area contributed by atoms with Gasteiger partial charge in [-0.2, -0.15) is 0 Å². The number of aromatic nitrogens is 3. The first-order valence-corrected chi connectivity index (χ1v) is 5.37. The molecule has 2 rings (SSSR count). The van der Waals surface area contributed by atoms with Crippen LogP contribution in [-0.4, -0.2) is 14.8 Å². The van der Waals surface area contributed by atoms with E-state index in [1.165, 1.54) is 5.56 Å². The third-order valence-electron chi connectivity index (χ3n) is 2.87. The van der Waals surface area contributed by atoms with E-state index in [0.717, 1.165) is 11.6 Å². The van der Waals surface area contributed by atoms with Gasteiger partial charge >= 0.3 is 0 Å². The Hall–Kier alpha value is -1.68. The van der Waals surface area contributed by atoms with Crippen molar-refractivity contribution in [3.05, 3.63) is 47.5 Å². The summed E-state index contributed by atoms with van der Waals surface area (Å²) >= 11 is 0. The maximum Gasteiger partial charge on any atom is 0.146 e. The summed E-state index contributed by atoms with van der Waals surface area (Å²) in [6, 6.07) is 10.3. The summed E-state index contributed by atoms with van der Waals surface area (Å²) in [7, 11) is 1.96. The summed E-state index contributed by atoms with van der Waals surface area (Å²) in [5.74, 6) is 2.00. The number of hydrogen-bond acceptors (Lipinski definition) is 3. The molecule has 1 aromatic carbocycles. The second-order valence-corrected chi connectivity index (χ2v) is 3.87. The van der Waals surface area contributed by atoms with Gasteiger partial charge in [0.1, 0.15) is 11.6 Å². The van der Waals surface area contributed by atoms with Crippen molar-refractivity contribution >= 4 is 0 Å². The lowest BCUT2D eigenvalue weighted by Crippen LogP contribution is -2.09. The van der Waals surface area contributed by atoms with Crippen molar-refractivity contribution in [2.24, 2.45) is 12.8 Å². The van der Waals surface area contributed by atoms with Crippen molar-refractivity contribution in [1.82, 2.24) is 14.8 Å². The van der Waals surface area contributed by atoms with Gasteiger partial charge in [-0.15, -0.1) is 10.2 Å². The van der Waals surface area contributed by atoms with Crippen LogP contribution in [0.5, 0.6) is 0 Å². The van der Waals surface area contributed by atoms with Crippen LogP contribution in [0.2, 0.25) is 0 Å². The lowest BCUT2D eigenvalue weighted by molar-refractivity contribution is 0.710. The highest BCUT2D eigenvalue weighted by Crippen LogP contribution is 2.21. The molecule has 0 saturated carbocycles. The molecule has 0 spiro atoms. The second kappa shape index (κ2) is 4.45. The normalized spacial score (nSPS) is 12.7. The second-order valence-electron chi connectivity index (χ2n) is 3.87. The fourth-order valence-electron chi connectivity index (χ4n) is 1.82. The first kappa shape index (κ1) is 10.8. The standard InChI is InChI=1S/C12H16N4/c1-9(10-6-4-3-5-7-10)12-15-14-11(8-13)16(12)2/h3-7,9H,8,13H2,1-2H3. The summed E-state index contributed by atoms with van der Waals surface area (Å²) in [5, 5.41) is 8.26. The molecule has 1 unspecified atom stereocenters. The SMILES string of the molecule is CC(c1ccccc1)c1nnc(CN)n1C. The highest BCUT2D eigenvalue weighted by atomic mass is 15.3. The van der Waals surface area contributed by atoms with Crippen molar-refractivity contribution in [3.63, 3.8) is 0 Å². The van der Waals surface area contributed by atoms with Crippen LogP contribution in [-0.2, 0) is 13.6 Å². The molecule has 2 N–H and O–H groups in total. The monoisotopic (exact) mass is 216 g/mol. The van der Waals surface area contributed by atoms with E-state index in [1.54, 1.807) is 0 Å². The van der Waals surface area contributed by atoms with E-state index in [2.05, 4.69) is 29.3 Å². The summed E-state index contributed by atoms with van der Waals surface area (Å²) in [4.78, 5) is 0. The molecule has 1 aromatic heterocycles. The molecule has 84 valence electrons. The molecule has 0 aliphatic heterocycles. The number of nitrogens with two attached hydrogens (primary N) is 1. The lowest BCUT2D eigenvalue weighted by Gasteiger charge is -2.11. The van der Waals surface area contributed by atoms with Gasteiger partial charge < -0.3 is 10.3 Å². The van der Waals surface area contributed by atoms with Gasteiger partial charge in [0.2, 0.25) is 0 Å². The van der Waals surface area contributed by atoms with Crippen molar-refractivity contribution in [2.45, 2.75) is 19.4 Å². The average Bonchev–Trinajstić information content (AvgIpc) is 2.70. The molecule has 0 amide bonds. The molecule has 0 radical (unpaired) electrons. The molecule has 0 fully saturated rings. The third kappa shape index (κ3) is 1.84. The van der Waals surface area contributed by atoms with E-state index in [9.17, 15) is 0 Å². The van der Waals surface area contributed by atoms with Gasteiger partial charge in [0.15, 0.2) is 0 Å². The van der Waals surface area contributed by atoms with Gasteiger partial charge in [-0.25, -0.2) is 0 Å². The van der Waals surface area contributed by atoms with Gasteiger partial charge in [0.05, 0.1) is 6.54 Å². The Morgan fingerprint density at radius 2 is 1.94 bits per heavy atom. The van der Waals surface area contributed by atoms with Crippen LogP contribution in [0.1, 0.15) is 30.1 Å². The Labute approximate surface area is 95.1 Å². The van der Waals surface area contributed by atoms with E-state index in [0.29, 0.717) is 6.54 Å². The maximum atomic E-state index is 5.58. The predicted octanol–water partition coefficient (Wildman–Crippen LogP) is 1.43. The number of nitrogens with zero attached hydrogens (tertiary/aromatic N) is 3. The number of hydrogen-bond donors (Lipinski definition) is 1. The van der Waals surface area contributed by atoms with Crippen molar-refractivity contribution in [1.29, 1.82) is 0 Å². The van der Waals surface area contributed by atoms with E-state index in [4.69, 9.17) is 5.73 Å². The highest BCUT2D eigenvalue weighted by Gasteiger charge is 2.15. The van der Waals surface area contributed by atoms with Crippen LogP contribution in [0, 0.1) is 0 Å². The van der Waals surface area contributed by atoms with Gasteiger partial charge in [-0.05, 0) is 5.56 Å². The minimum absolute atomic E-state index is 0.235. The van der Waals surface area contributed by atoms with Crippen LogP contribution in [0.4, 0.5) is 0 Å². The summed E-state index contributed by atoms with van der Waals surface area (Å²) < 4.78 is 1.97. The zero-order chi connectivity index (χ0) is 11.5. The molecule has 0 aliphatic rings. The Bertz CT molecular complexity index is 461. The molecule has 2 aromatic rings.